The minimum Gasteiger partial charge on any atom is -0.379 e. The molecule has 0 radical (unpaired) electrons. The molecule has 1 rings (SSSR count). The lowest BCUT2D eigenvalue weighted by molar-refractivity contribution is 0.0762. The number of nitrogens with one attached hydrogen (secondary N) is 1. The number of hydrogen-bond donors (Lipinski definition) is 3. The summed E-state index contributed by atoms with van der Waals surface area (Å²) in [4.78, 5) is 0. The maximum absolute atomic E-state index is 12.7. The average molecular weight is 210 g/mol. The molecule has 0 saturated carbocycles. The standard InChI is InChI=1S/C11H15FN2O/c1-8(2)11(15,7-14-13)9-3-5-10(12)6-4-9/h3-6,14-15H,1,7,13H2,2H3. The highest BCUT2D eigenvalue weighted by Gasteiger charge is 2.29. The van der Waals surface area contributed by atoms with Crippen molar-refractivity contribution in [2.45, 2.75) is 12.5 Å². The minimum atomic E-state index is -1.26. The third-order valence-electron chi connectivity index (χ3n) is 2.39. The molecule has 0 amide bonds. The van der Waals surface area contributed by atoms with Crippen molar-refractivity contribution in [2.24, 2.45) is 5.84 Å². The van der Waals surface area contributed by atoms with E-state index in [1.54, 1.807) is 6.92 Å². The Balaban J connectivity index is 3.09. The third-order valence-corrected chi connectivity index (χ3v) is 2.39. The highest BCUT2D eigenvalue weighted by molar-refractivity contribution is 5.31. The number of hydrazine groups is 1. The van der Waals surface area contributed by atoms with Gasteiger partial charge in [0.1, 0.15) is 11.4 Å². The molecule has 1 aromatic rings. The summed E-state index contributed by atoms with van der Waals surface area (Å²) in [5.74, 6) is 4.85. The third kappa shape index (κ3) is 2.41. The molecule has 0 saturated heterocycles. The van der Waals surface area contributed by atoms with Gasteiger partial charge in [0.25, 0.3) is 0 Å². The SMILES string of the molecule is C=C(C)C(O)(CNN)c1ccc(F)cc1. The van der Waals surface area contributed by atoms with Gasteiger partial charge in [-0.1, -0.05) is 18.7 Å². The maximum atomic E-state index is 12.7. The average Bonchev–Trinajstić information content (AvgIpc) is 2.18. The van der Waals surface area contributed by atoms with Gasteiger partial charge in [-0.05, 0) is 30.2 Å². The maximum Gasteiger partial charge on any atom is 0.124 e. The largest absolute Gasteiger partial charge is 0.379 e. The Hall–Kier alpha value is -1.23. The molecule has 1 unspecified atom stereocenters. The van der Waals surface area contributed by atoms with E-state index in [1.807, 2.05) is 0 Å². The first-order valence-corrected chi connectivity index (χ1v) is 4.58. The molecule has 0 aliphatic rings. The second-order valence-electron chi connectivity index (χ2n) is 3.53. The lowest BCUT2D eigenvalue weighted by atomic mass is 9.88. The molecule has 4 heteroatoms. The van der Waals surface area contributed by atoms with Gasteiger partial charge in [0, 0.05) is 6.54 Å². The van der Waals surface area contributed by atoms with E-state index in [4.69, 9.17) is 5.84 Å². The van der Waals surface area contributed by atoms with Crippen LogP contribution in [-0.2, 0) is 5.60 Å². The predicted molar refractivity (Wildman–Crippen MR) is 57.3 cm³/mol. The summed E-state index contributed by atoms with van der Waals surface area (Å²) in [7, 11) is 0. The molecule has 0 heterocycles. The Bertz CT molecular complexity index is 350. The van der Waals surface area contributed by atoms with Crippen LogP contribution in [0.5, 0.6) is 0 Å². The van der Waals surface area contributed by atoms with Crippen LogP contribution in [0, 0.1) is 5.82 Å². The van der Waals surface area contributed by atoms with Crippen LogP contribution in [0.3, 0.4) is 0 Å². The van der Waals surface area contributed by atoms with E-state index < -0.39 is 5.60 Å². The van der Waals surface area contributed by atoms with E-state index in [2.05, 4.69) is 12.0 Å². The van der Waals surface area contributed by atoms with E-state index in [0.717, 1.165) is 0 Å². The number of benzene rings is 1. The molecule has 3 nitrogen and oxygen atoms in total. The highest BCUT2D eigenvalue weighted by Crippen LogP contribution is 2.27. The summed E-state index contributed by atoms with van der Waals surface area (Å²) < 4.78 is 12.7. The molecular weight excluding hydrogens is 195 g/mol. The second kappa shape index (κ2) is 4.53. The molecule has 82 valence electrons. The van der Waals surface area contributed by atoms with Crippen LogP contribution in [0.15, 0.2) is 36.4 Å². The Morgan fingerprint density at radius 1 is 1.53 bits per heavy atom. The van der Waals surface area contributed by atoms with Crippen molar-refractivity contribution < 1.29 is 9.50 Å². The molecule has 1 atom stereocenters. The summed E-state index contributed by atoms with van der Waals surface area (Å²) in [5, 5.41) is 10.3. The van der Waals surface area contributed by atoms with Crippen molar-refractivity contribution in [3.05, 3.63) is 47.8 Å². The molecule has 0 aliphatic carbocycles. The Morgan fingerprint density at radius 2 is 2.07 bits per heavy atom. The lowest BCUT2D eigenvalue weighted by Crippen LogP contribution is -2.41. The molecule has 0 spiro atoms. The molecular formula is C11H15FN2O. The van der Waals surface area contributed by atoms with Gasteiger partial charge in [-0.2, -0.15) is 0 Å². The summed E-state index contributed by atoms with van der Waals surface area (Å²) in [5.41, 5.74) is 2.25. The second-order valence-corrected chi connectivity index (χ2v) is 3.53. The zero-order valence-electron chi connectivity index (χ0n) is 8.63. The monoisotopic (exact) mass is 210 g/mol. The van der Waals surface area contributed by atoms with E-state index in [0.29, 0.717) is 11.1 Å². The van der Waals surface area contributed by atoms with Gasteiger partial charge in [-0.3, -0.25) is 11.3 Å². The van der Waals surface area contributed by atoms with Crippen molar-refractivity contribution in [1.82, 2.24) is 5.43 Å². The van der Waals surface area contributed by atoms with E-state index in [1.165, 1.54) is 24.3 Å². The summed E-state index contributed by atoms with van der Waals surface area (Å²) >= 11 is 0. The smallest absolute Gasteiger partial charge is 0.124 e. The molecule has 0 aromatic heterocycles. The molecule has 1 aromatic carbocycles. The minimum absolute atomic E-state index is 0.133. The van der Waals surface area contributed by atoms with Gasteiger partial charge in [0.05, 0.1) is 0 Å². The lowest BCUT2D eigenvalue weighted by Gasteiger charge is -2.28. The molecule has 4 N–H and O–H groups in total. The summed E-state index contributed by atoms with van der Waals surface area (Å²) in [6.07, 6.45) is 0. The highest BCUT2D eigenvalue weighted by atomic mass is 19.1. The molecule has 0 aliphatic heterocycles. The molecule has 0 fully saturated rings. The zero-order chi connectivity index (χ0) is 11.5. The number of aliphatic hydroxyl groups is 1. The fourth-order valence-electron chi connectivity index (χ4n) is 1.37. The van der Waals surface area contributed by atoms with Crippen LogP contribution >= 0.6 is 0 Å². The van der Waals surface area contributed by atoms with Gasteiger partial charge in [0.2, 0.25) is 0 Å². The fraction of sp³-hybridized carbons (Fsp3) is 0.273. The van der Waals surface area contributed by atoms with Crippen molar-refractivity contribution in [3.8, 4) is 0 Å². The van der Waals surface area contributed by atoms with Crippen molar-refractivity contribution >= 4 is 0 Å². The zero-order valence-corrected chi connectivity index (χ0v) is 8.63. The van der Waals surface area contributed by atoms with Crippen LogP contribution in [0.1, 0.15) is 12.5 Å². The Morgan fingerprint density at radius 3 is 2.47 bits per heavy atom. The summed E-state index contributed by atoms with van der Waals surface area (Å²) in [6, 6.07) is 5.61. The van der Waals surface area contributed by atoms with Gasteiger partial charge in [-0.25, -0.2) is 4.39 Å². The van der Waals surface area contributed by atoms with Crippen LogP contribution < -0.4 is 11.3 Å². The van der Waals surface area contributed by atoms with Crippen molar-refractivity contribution in [2.75, 3.05) is 6.54 Å². The topological polar surface area (TPSA) is 58.3 Å². The van der Waals surface area contributed by atoms with Crippen LogP contribution in [0.4, 0.5) is 4.39 Å². The Labute approximate surface area is 88.4 Å². The van der Waals surface area contributed by atoms with Crippen molar-refractivity contribution in [1.29, 1.82) is 0 Å². The van der Waals surface area contributed by atoms with Gasteiger partial charge < -0.3 is 5.11 Å². The number of hydrogen-bond acceptors (Lipinski definition) is 3. The first-order chi connectivity index (χ1) is 7.00. The predicted octanol–water partition coefficient (Wildman–Crippen LogP) is 1.05. The van der Waals surface area contributed by atoms with E-state index in [-0.39, 0.29) is 12.4 Å². The molecule has 15 heavy (non-hydrogen) atoms. The van der Waals surface area contributed by atoms with E-state index in [9.17, 15) is 9.50 Å². The van der Waals surface area contributed by atoms with Crippen molar-refractivity contribution in [3.63, 3.8) is 0 Å². The number of nitrogens with two attached hydrogens (primary N) is 1. The molecule has 0 bridgehead atoms. The first-order valence-electron chi connectivity index (χ1n) is 4.58. The van der Waals surface area contributed by atoms with E-state index >= 15 is 0 Å². The van der Waals surface area contributed by atoms with Crippen LogP contribution in [0.25, 0.3) is 0 Å². The summed E-state index contributed by atoms with van der Waals surface area (Å²) in [6.45, 7) is 5.53. The fourth-order valence-corrected chi connectivity index (χ4v) is 1.37. The van der Waals surface area contributed by atoms with Gasteiger partial charge in [-0.15, -0.1) is 0 Å². The van der Waals surface area contributed by atoms with Gasteiger partial charge in [0.15, 0.2) is 0 Å². The van der Waals surface area contributed by atoms with Crippen LogP contribution in [0.2, 0.25) is 0 Å². The first kappa shape index (κ1) is 11.8. The van der Waals surface area contributed by atoms with Gasteiger partial charge >= 0.3 is 0 Å². The van der Waals surface area contributed by atoms with Crippen LogP contribution in [-0.4, -0.2) is 11.7 Å². The number of halogens is 1. The normalized spacial score (nSPS) is 14.7. The Kier molecular flexibility index (Phi) is 3.57. The quantitative estimate of drug-likeness (QED) is 0.395. The number of rotatable bonds is 4.